The zero-order valence-corrected chi connectivity index (χ0v) is 9.24. The summed E-state index contributed by atoms with van der Waals surface area (Å²) < 4.78 is 0. The minimum atomic E-state index is 0.207. The van der Waals surface area contributed by atoms with Crippen molar-refractivity contribution < 1.29 is 0 Å². The number of rotatable bonds is 2. The maximum absolute atomic E-state index is 6.01. The predicted molar refractivity (Wildman–Crippen MR) is 60.9 cm³/mol. The molecule has 0 saturated heterocycles. The summed E-state index contributed by atoms with van der Waals surface area (Å²) >= 11 is 5.71. The van der Waals surface area contributed by atoms with E-state index in [-0.39, 0.29) is 6.04 Å². The lowest BCUT2D eigenvalue weighted by molar-refractivity contribution is 0.402. The standard InChI is InChI=1S/C10H15ClN4/c11-7-5-13-10(14-6-7)15-9-4-2-1-3-8(9)12/h5-6,8-9H,1-4,12H2,(H,13,14,15). The minimum Gasteiger partial charge on any atom is -0.350 e. The maximum atomic E-state index is 6.01. The zero-order valence-electron chi connectivity index (χ0n) is 8.49. The van der Waals surface area contributed by atoms with Gasteiger partial charge >= 0.3 is 0 Å². The van der Waals surface area contributed by atoms with E-state index in [1.807, 2.05) is 0 Å². The molecule has 0 bridgehead atoms. The molecule has 0 aliphatic heterocycles. The Morgan fingerprint density at radius 1 is 1.27 bits per heavy atom. The Hall–Kier alpha value is -0.870. The van der Waals surface area contributed by atoms with Gasteiger partial charge in [-0.3, -0.25) is 0 Å². The second-order valence-electron chi connectivity index (χ2n) is 3.92. The fourth-order valence-electron chi connectivity index (χ4n) is 1.89. The van der Waals surface area contributed by atoms with Crippen LogP contribution in [0.3, 0.4) is 0 Å². The van der Waals surface area contributed by atoms with Crippen LogP contribution in [0, 0.1) is 0 Å². The Bertz CT molecular complexity index is 314. The lowest BCUT2D eigenvalue weighted by atomic mass is 9.91. The third-order valence-electron chi connectivity index (χ3n) is 2.75. The number of nitrogens with one attached hydrogen (secondary N) is 1. The van der Waals surface area contributed by atoms with Crippen molar-refractivity contribution in [1.29, 1.82) is 0 Å². The SMILES string of the molecule is NC1CCCCC1Nc1ncc(Cl)cn1. The third kappa shape index (κ3) is 2.79. The van der Waals surface area contributed by atoms with E-state index in [1.165, 1.54) is 12.8 Å². The zero-order chi connectivity index (χ0) is 10.7. The van der Waals surface area contributed by atoms with Crippen LogP contribution < -0.4 is 11.1 Å². The van der Waals surface area contributed by atoms with E-state index in [0.717, 1.165) is 12.8 Å². The summed E-state index contributed by atoms with van der Waals surface area (Å²) in [5.41, 5.74) is 6.01. The first kappa shape index (κ1) is 10.6. The molecular weight excluding hydrogens is 212 g/mol. The van der Waals surface area contributed by atoms with Gasteiger partial charge < -0.3 is 11.1 Å². The molecule has 2 unspecified atom stereocenters. The van der Waals surface area contributed by atoms with Gasteiger partial charge in [0.1, 0.15) is 0 Å². The molecule has 82 valence electrons. The van der Waals surface area contributed by atoms with Crippen LogP contribution in [0.25, 0.3) is 0 Å². The summed E-state index contributed by atoms with van der Waals surface area (Å²) in [4.78, 5) is 8.19. The highest BCUT2D eigenvalue weighted by Gasteiger charge is 2.21. The van der Waals surface area contributed by atoms with Gasteiger partial charge in [0.25, 0.3) is 0 Å². The molecule has 1 aromatic rings. The first-order chi connectivity index (χ1) is 7.25. The molecule has 0 aromatic carbocycles. The van der Waals surface area contributed by atoms with Crippen LogP contribution in [-0.2, 0) is 0 Å². The summed E-state index contributed by atoms with van der Waals surface area (Å²) in [5.74, 6) is 0.613. The van der Waals surface area contributed by atoms with Crippen molar-refractivity contribution in [3.8, 4) is 0 Å². The molecule has 2 atom stereocenters. The molecule has 2 rings (SSSR count). The van der Waals surface area contributed by atoms with E-state index in [4.69, 9.17) is 17.3 Å². The van der Waals surface area contributed by atoms with Gasteiger partial charge in [0.05, 0.1) is 17.4 Å². The molecule has 15 heavy (non-hydrogen) atoms. The highest BCUT2D eigenvalue weighted by molar-refractivity contribution is 6.30. The van der Waals surface area contributed by atoms with Crippen LogP contribution in [0.5, 0.6) is 0 Å². The number of hydrogen-bond acceptors (Lipinski definition) is 4. The predicted octanol–water partition coefficient (Wildman–Crippen LogP) is 1.81. The first-order valence-corrected chi connectivity index (χ1v) is 5.63. The van der Waals surface area contributed by atoms with Crippen molar-refractivity contribution in [3.63, 3.8) is 0 Å². The van der Waals surface area contributed by atoms with Crippen molar-refractivity contribution in [2.75, 3.05) is 5.32 Å². The fraction of sp³-hybridized carbons (Fsp3) is 0.600. The minimum absolute atomic E-state index is 0.207. The lowest BCUT2D eigenvalue weighted by Gasteiger charge is -2.29. The number of nitrogens with zero attached hydrogens (tertiary/aromatic N) is 2. The van der Waals surface area contributed by atoms with Crippen LogP contribution in [0.4, 0.5) is 5.95 Å². The molecular formula is C10H15ClN4. The number of aromatic nitrogens is 2. The molecule has 3 N–H and O–H groups in total. The molecule has 1 aromatic heterocycles. The third-order valence-corrected chi connectivity index (χ3v) is 2.95. The Kier molecular flexibility index (Phi) is 3.38. The average molecular weight is 227 g/mol. The molecule has 0 spiro atoms. The van der Waals surface area contributed by atoms with Gasteiger partial charge in [-0.2, -0.15) is 0 Å². The molecule has 0 radical (unpaired) electrons. The lowest BCUT2D eigenvalue weighted by Crippen LogP contribution is -2.42. The Morgan fingerprint density at radius 2 is 1.93 bits per heavy atom. The molecule has 1 fully saturated rings. The van der Waals surface area contributed by atoms with E-state index < -0.39 is 0 Å². The molecule has 4 nitrogen and oxygen atoms in total. The van der Waals surface area contributed by atoms with Crippen LogP contribution in [0.2, 0.25) is 5.02 Å². The van der Waals surface area contributed by atoms with Crippen LogP contribution in [0.1, 0.15) is 25.7 Å². The van der Waals surface area contributed by atoms with Crippen LogP contribution in [-0.4, -0.2) is 22.1 Å². The molecule has 0 amide bonds. The quantitative estimate of drug-likeness (QED) is 0.808. The van der Waals surface area contributed by atoms with E-state index >= 15 is 0 Å². The largest absolute Gasteiger partial charge is 0.350 e. The summed E-state index contributed by atoms with van der Waals surface area (Å²) in [5, 5.41) is 3.80. The van der Waals surface area contributed by atoms with Gasteiger partial charge in [-0.1, -0.05) is 24.4 Å². The smallest absolute Gasteiger partial charge is 0.222 e. The monoisotopic (exact) mass is 226 g/mol. The van der Waals surface area contributed by atoms with Crippen molar-refractivity contribution in [2.24, 2.45) is 5.73 Å². The van der Waals surface area contributed by atoms with Gasteiger partial charge in [0, 0.05) is 12.1 Å². The molecule has 1 heterocycles. The topological polar surface area (TPSA) is 63.8 Å². The summed E-state index contributed by atoms with van der Waals surface area (Å²) in [6, 6.07) is 0.498. The van der Waals surface area contributed by atoms with Crippen LogP contribution >= 0.6 is 11.6 Å². The number of halogens is 1. The van der Waals surface area contributed by atoms with E-state index in [0.29, 0.717) is 17.0 Å². The molecule has 5 heteroatoms. The van der Waals surface area contributed by atoms with E-state index in [2.05, 4.69) is 15.3 Å². The van der Waals surface area contributed by atoms with Crippen molar-refractivity contribution in [1.82, 2.24) is 9.97 Å². The highest BCUT2D eigenvalue weighted by atomic mass is 35.5. The van der Waals surface area contributed by atoms with Gasteiger partial charge in [-0.15, -0.1) is 0 Å². The first-order valence-electron chi connectivity index (χ1n) is 5.25. The fourth-order valence-corrected chi connectivity index (χ4v) is 1.99. The van der Waals surface area contributed by atoms with E-state index in [1.54, 1.807) is 12.4 Å². The number of anilines is 1. The molecule has 1 saturated carbocycles. The number of nitrogens with two attached hydrogens (primary N) is 1. The molecule has 1 aliphatic rings. The van der Waals surface area contributed by atoms with Gasteiger partial charge in [0.2, 0.25) is 5.95 Å². The van der Waals surface area contributed by atoms with Crippen molar-refractivity contribution in [3.05, 3.63) is 17.4 Å². The van der Waals surface area contributed by atoms with Crippen LogP contribution in [0.15, 0.2) is 12.4 Å². The second-order valence-corrected chi connectivity index (χ2v) is 4.36. The Morgan fingerprint density at radius 3 is 2.60 bits per heavy atom. The van der Waals surface area contributed by atoms with Crippen molar-refractivity contribution in [2.45, 2.75) is 37.8 Å². The van der Waals surface area contributed by atoms with Gasteiger partial charge in [0.15, 0.2) is 0 Å². The van der Waals surface area contributed by atoms with Gasteiger partial charge in [-0.05, 0) is 12.8 Å². The summed E-state index contributed by atoms with van der Waals surface area (Å²) in [6.45, 7) is 0. The molecule has 1 aliphatic carbocycles. The normalized spacial score (nSPS) is 26.3. The Balaban J connectivity index is 1.98. The van der Waals surface area contributed by atoms with E-state index in [9.17, 15) is 0 Å². The highest BCUT2D eigenvalue weighted by Crippen LogP contribution is 2.19. The summed E-state index contributed by atoms with van der Waals surface area (Å²) in [7, 11) is 0. The van der Waals surface area contributed by atoms with Crippen molar-refractivity contribution >= 4 is 17.5 Å². The second kappa shape index (κ2) is 4.77. The maximum Gasteiger partial charge on any atom is 0.222 e. The summed E-state index contributed by atoms with van der Waals surface area (Å²) in [6.07, 6.45) is 7.79. The van der Waals surface area contributed by atoms with Gasteiger partial charge in [-0.25, -0.2) is 9.97 Å². The average Bonchev–Trinajstić information content (AvgIpc) is 2.25. The Labute approximate surface area is 94.2 Å². The number of hydrogen-bond donors (Lipinski definition) is 2.